The van der Waals surface area contributed by atoms with E-state index < -0.39 is 24.4 Å². The second-order valence-corrected chi connectivity index (χ2v) is 8.14. The lowest BCUT2D eigenvalue weighted by Crippen LogP contribution is -2.34. The summed E-state index contributed by atoms with van der Waals surface area (Å²) in [6.07, 6.45) is 4.22. The molecule has 11 heteroatoms. The molecule has 2 aromatic heterocycles. The third-order valence-electron chi connectivity index (χ3n) is 4.64. The highest BCUT2D eigenvalue weighted by molar-refractivity contribution is 6.36. The molecular formula is C22H19Cl3N4O4. The molecule has 8 nitrogen and oxygen atoms in total. The molecule has 0 radical (unpaired) electrons. The van der Waals surface area contributed by atoms with Crippen molar-refractivity contribution in [2.24, 2.45) is 7.05 Å². The van der Waals surface area contributed by atoms with Gasteiger partial charge in [0.2, 0.25) is 0 Å². The largest absolute Gasteiger partial charge is 0.452 e. The topological polar surface area (TPSA) is 95.2 Å². The number of hydrogen-bond donors (Lipinski definition) is 1. The maximum atomic E-state index is 12.0. The number of ether oxygens (including phenoxy) is 1. The fourth-order valence-electron chi connectivity index (χ4n) is 2.95. The Morgan fingerprint density at radius 2 is 1.82 bits per heavy atom. The van der Waals surface area contributed by atoms with E-state index in [0.717, 1.165) is 6.08 Å². The van der Waals surface area contributed by atoms with Crippen LogP contribution in [0, 0.1) is 6.92 Å². The molecular weight excluding hydrogens is 491 g/mol. The third-order valence-corrected chi connectivity index (χ3v) is 5.75. The normalized spacial score (nSPS) is 11.1. The summed E-state index contributed by atoms with van der Waals surface area (Å²) < 4.78 is 7.96. The molecule has 3 aromatic rings. The van der Waals surface area contributed by atoms with E-state index in [1.54, 1.807) is 55.1 Å². The molecule has 0 aliphatic heterocycles. The molecule has 0 fully saturated rings. The van der Waals surface area contributed by atoms with Crippen LogP contribution in [0.3, 0.4) is 0 Å². The molecule has 0 spiro atoms. The first-order valence-electron chi connectivity index (χ1n) is 9.63. The van der Waals surface area contributed by atoms with Crippen LogP contribution in [-0.4, -0.2) is 38.7 Å². The summed E-state index contributed by atoms with van der Waals surface area (Å²) in [6, 6.07) is 8.40. The average Bonchev–Trinajstić information content (AvgIpc) is 3.30. The van der Waals surface area contributed by atoms with Gasteiger partial charge in [0, 0.05) is 40.5 Å². The molecule has 3 rings (SSSR count). The van der Waals surface area contributed by atoms with Crippen LogP contribution in [0.1, 0.15) is 27.3 Å². The SMILES string of the molecule is Cc1nn(Cc2c(Cl)cccc2Cl)c(Cl)c1/C=C/C(=O)OCC(=O)NC(=O)c1cccn1C. The Morgan fingerprint density at radius 3 is 2.45 bits per heavy atom. The first-order valence-corrected chi connectivity index (χ1v) is 10.8. The van der Waals surface area contributed by atoms with Gasteiger partial charge in [-0.15, -0.1) is 0 Å². The number of halogens is 3. The predicted molar refractivity (Wildman–Crippen MR) is 125 cm³/mol. The Morgan fingerprint density at radius 1 is 1.12 bits per heavy atom. The lowest BCUT2D eigenvalue weighted by Gasteiger charge is -2.08. The number of amides is 2. The number of carbonyl (C=O) groups excluding carboxylic acids is 3. The first kappa shape index (κ1) is 24.6. The maximum Gasteiger partial charge on any atom is 0.331 e. The van der Waals surface area contributed by atoms with Crippen LogP contribution in [0.4, 0.5) is 0 Å². The minimum absolute atomic E-state index is 0.242. The number of nitrogens with zero attached hydrogens (tertiary/aromatic N) is 3. The molecule has 172 valence electrons. The average molecular weight is 510 g/mol. The van der Waals surface area contributed by atoms with Crippen LogP contribution < -0.4 is 5.32 Å². The van der Waals surface area contributed by atoms with Gasteiger partial charge in [-0.1, -0.05) is 40.9 Å². The number of hydrogen-bond acceptors (Lipinski definition) is 5. The Balaban J connectivity index is 1.59. The van der Waals surface area contributed by atoms with Gasteiger partial charge >= 0.3 is 5.97 Å². The quantitative estimate of drug-likeness (QED) is 0.383. The molecule has 2 heterocycles. The molecule has 0 saturated carbocycles. The maximum absolute atomic E-state index is 12.0. The summed E-state index contributed by atoms with van der Waals surface area (Å²) in [4.78, 5) is 35.9. The minimum Gasteiger partial charge on any atom is -0.452 e. The molecule has 0 unspecified atom stereocenters. The van der Waals surface area contributed by atoms with Gasteiger partial charge in [0.05, 0.1) is 12.2 Å². The van der Waals surface area contributed by atoms with Crippen molar-refractivity contribution in [2.75, 3.05) is 6.61 Å². The van der Waals surface area contributed by atoms with Crippen LogP contribution in [0.2, 0.25) is 15.2 Å². The zero-order valence-corrected chi connectivity index (χ0v) is 19.9. The molecule has 0 bridgehead atoms. The number of esters is 1. The summed E-state index contributed by atoms with van der Waals surface area (Å²) in [6.45, 7) is 1.35. The number of imide groups is 1. The van der Waals surface area contributed by atoms with Gasteiger partial charge in [-0.25, -0.2) is 9.48 Å². The smallest absolute Gasteiger partial charge is 0.331 e. The second-order valence-electron chi connectivity index (χ2n) is 6.97. The van der Waals surface area contributed by atoms with Crippen LogP contribution in [-0.2, 0) is 27.9 Å². The lowest BCUT2D eigenvalue weighted by atomic mass is 10.2. The number of carbonyl (C=O) groups is 3. The number of aromatic nitrogens is 3. The zero-order chi connectivity index (χ0) is 24.1. The first-order chi connectivity index (χ1) is 15.7. The highest BCUT2D eigenvalue weighted by Gasteiger charge is 2.16. The highest BCUT2D eigenvalue weighted by Crippen LogP contribution is 2.28. The summed E-state index contributed by atoms with van der Waals surface area (Å²) in [5, 5.41) is 7.76. The summed E-state index contributed by atoms with van der Waals surface area (Å²) >= 11 is 18.8. The molecule has 0 atom stereocenters. The second kappa shape index (κ2) is 10.7. The van der Waals surface area contributed by atoms with Gasteiger partial charge < -0.3 is 9.30 Å². The molecule has 0 aliphatic carbocycles. The van der Waals surface area contributed by atoms with Crippen molar-refractivity contribution in [3.05, 3.63) is 80.3 Å². The standard InChI is InChI=1S/C22H19Cl3N4O4/c1-13-14(21(25)29(27-13)11-15-16(23)5-3-6-17(15)24)8-9-20(31)33-12-19(30)26-22(32)18-7-4-10-28(18)2/h3-10H,11-12H2,1-2H3,(H,26,30,32)/b9-8+. The molecule has 1 aromatic carbocycles. The monoisotopic (exact) mass is 508 g/mol. The summed E-state index contributed by atoms with van der Waals surface area (Å²) in [5.41, 5.74) is 2.03. The van der Waals surface area contributed by atoms with E-state index in [9.17, 15) is 14.4 Å². The molecule has 2 amide bonds. The molecule has 33 heavy (non-hydrogen) atoms. The minimum atomic E-state index is -0.783. The Bertz CT molecular complexity index is 1230. The van der Waals surface area contributed by atoms with Crippen molar-refractivity contribution < 1.29 is 19.1 Å². The number of aryl methyl sites for hydroxylation is 2. The lowest BCUT2D eigenvalue weighted by molar-refractivity contribution is -0.143. The fraction of sp³-hybridized carbons (Fsp3) is 0.182. The van der Waals surface area contributed by atoms with E-state index in [1.807, 2.05) is 0 Å². The third kappa shape index (κ3) is 6.04. The zero-order valence-electron chi connectivity index (χ0n) is 17.6. The van der Waals surface area contributed by atoms with E-state index >= 15 is 0 Å². The fourth-order valence-corrected chi connectivity index (χ4v) is 3.77. The van der Waals surface area contributed by atoms with Crippen LogP contribution in [0.5, 0.6) is 0 Å². The van der Waals surface area contributed by atoms with Crippen molar-refractivity contribution in [1.82, 2.24) is 19.7 Å². The highest BCUT2D eigenvalue weighted by atomic mass is 35.5. The van der Waals surface area contributed by atoms with Crippen molar-refractivity contribution in [3.63, 3.8) is 0 Å². The molecule has 0 saturated heterocycles. The van der Waals surface area contributed by atoms with E-state index in [0.29, 0.717) is 32.6 Å². The van der Waals surface area contributed by atoms with Gasteiger partial charge in [0.15, 0.2) is 6.61 Å². The van der Waals surface area contributed by atoms with E-state index in [2.05, 4.69) is 10.4 Å². The van der Waals surface area contributed by atoms with E-state index in [-0.39, 0.29) is 11.7 Å². The number of rotatable bonds is 7. The van der Waals surface area contributed by atoms with Gasteiger partial charge in [-0.05, 0) is 37.3 Å². The van der Waals surface area contributed by atoms with E-state index in [4.69, 9.17) is 39.5 Å². The van der Waals surface area contributed by atoms with Gasteiger partial charge in [-0.3, -0.25) is 14.9 Å². The Kier molecular flexibility index (Phi) is 7.97. The molecule has 0 aliphatic rings. The van der Waals surface area contributed by atoms with Crippen molar-refractivity contribution in [3.8, 4) is 0 Å². The Hall–Kier alpha value is -3.07. The van der Waals surface area contributed by atoms with Crippen molar-refractivity contribution >= 4 is 58.7 Å². The summed E-state index contributed by atoms with van der Waals surface area (Å²) in [7, 11) is 1.67. The number of benzene rings is 1. The van der Waals surface area contributed by atoms with E-state index in [1.165, 1.54) is 10.8 Å². The number of nitrogens with one attached hydrogen (secondary N) is 1. The van der Waals surface area contributed by atoms with Crippen LogP contribution >= 0.6 is 34.8 Å². The summed E-state index contributed by atoms with van der Waals surface area (Å²) in [5.74, 6) is -2.12. The van der Waals surface area contributed by atoms with Crippen LogP contribution in [0.25, 0.3) is 6.08 Å². The molecule has 1 N–H and O–H groups in total. The van der Waals surface area contributed by atoms with Crippen molar-refractivity contribution in [1.29, 1.82) is 0 Å². The Labute approximate surface area is 204 Å². The van der Waals surface area contributed by atoms with Gasteiger partial charge in [0.1, 0.15) is 10.8 Å². The van der Waals surface area contributed by atoms with Gasteiger partial charge in [-0.2, -0.15) is 5.10 Å². The van der Waals surface area contributed by atoms with Crippen molar-refractivity contribution in [2.45, 2.75) is 13.5 Å². The predicted octanol–water partition coefficient (Wildman–Crippen LogP) is 4.05. The van der Waals surface area contributed by atoms with Crippen LogP contribution in [0.15, 0.2) is 42.6 Å². The van der Waals surface area contributed by atoms with Gasteiger partial charge in [0.25, 0.3) is 11.8 Å².